The van der Waals surface area contributed by atoms with Gasteiger partial charge in [-0.3, -0.25) is 0 Å². The Morgan fingerprint density at radius 1 is 1.44 bits per heavy atom. The quantitative estimate of drug-likeness (QED) is 0.817. The first-order valence-electron chi connectivity index (χ1n) is 6.07. The van der Waals surface area contributed by atoms with Gasteiger partial charge in [0.15, 0.2) is 0 Å². The lowest BCUT2D eigenvalue weighted by molar-refractivity contribution is 0.339. The minimum atomic E-state index is 0.178. The van der Waals surface area contributed by atoms with Gasteiger partial charge in [-0.2, -0.15) is 0 Å². The average Bonchev–Trinajstić information content (AvgIpc) is 2.15. The second-order valence-electron chi connectivity index (χ2n) is 5.30. The molecule has 2 rings (SSSR count). The van der Waals surface area contributed by atoms with Crippen molar-refractivity contribution in [2.24, 2.45) is 0 Å². The van der Waals surface area contributed by atoms with Crippen LogP contribution in [0.5, 0.6) is 5.75 Å². The van der Waals surface area contributed by atoms with E-state index >= 15 is 0 Å². The van der Waals surface area contributed by atoms with Gasteiger partial charge < -0.3 is 10.1 Å². The SMILES string of the molecule is CCOc1ccc2c(c1)NC(C)(C)CC2C. The van der Waals surface area contributed by atoms with Crippen LogP contribution in [0.3, 0.4) is 0 Å². The third-order valence-electron chi connectivity index (χ3n) is 3.16. The fourth-order valence-electron chi connectivity index (χ4n) is 2.62. The molecule has 1 N–H and O–H groups in total. The molecule has 1 aromatic carbocycles. The zero-order valence-corrected chi connectivity index (χ0v) is 10.6. The van der Waals surface area contributed by atoms with E-state index in [9.17, 15) is 0 Å². The van der Waals surface area contributed by atoms with Crippen molar-refractivity contribution in [3.63, 3.8) is 0 Å². The van der Waals surface area contributed by atoms with Crippen molar-refractivity contribution in [2.75, 3.05) is 11.9 Å². The van der Waals surface area contributed by atoms with Gasteiger partial charge in [-0.1, -0.05) is 13.0 Å². The summed E-state index contributed by atoms with van der Waals surface area (Å²) in [5, 5.41) is 3.59. The Morgan fingerprint density at radius 2 is 2.19 bits per heavy atom. The summed E-state index contributed by atoms with van der Waals surface area (Å²) >= 11 is 0. The van der Waals surface area contributed by atoms with Crippen LogP contribution in [-0.2, 0) is 0 Å². The molecular weight excluding hydrogens is 198 g/mol. The van der Waals surface area contributed by atoms with Gasteiger partial charge in [-0.25, -0.2) is 0 Å². The van der Waals surface area contributed by atoms with Crippen molar-refractivity contribution < 1.29 is 4.74 Å². The first-order valence-corrected chi connectivity index (χ1v) is 6.07. The predicted molar refractivity (Wildman–Crippen MR) is 68.3 cm³/mol. The molecule has 2 heteroatoms. The molecule has 0 amide bonds. The smallest absolute Gasteiger partial charge is 0.121 e. The standard InChI is InChI=1S/C14H21NO/c1-5-16-11-6-7-12-10(2)9-14(3,4)15-13(12)8-11/h6-8,10,15H,5,9H2,1-4H3. The highest BCUT2D eigenvalue weighted by Gasteiger charge is 2.29. The van der Waals surface area contributed by atoms with Crippen molar-refractivity contribution in [3.8, 4) is 5.75 Å². The van der Waals surface area contributed by atoms with Crippen LogP contribution in [0, 0.1) is 0 Å². The van der Waals surface area contributed by atoms with Crippen LogP contribution in [0.1, 0.15) is 45.6 Å². The number of benzene rings is 1. The highest BCUT2D eigenvalue weighted by molar-refractivity contribution is 5.59. The number of hydrogen-bond donors (Lipinski definition) is 1. The summed E-state index contributed by atoms with van der Waals surface area (Å²) in [4.78, 5) is 0. The number of anilines is 1. The first kappa shape index (κ1) is 11.3. The van der Waals surface area contributed by atoms with Crippen molar-refractivity contribution in [3.05, 3.63) is 23.8 Å². The van der Waals surface area contributed by atoms with Crippen LogP contribution < -0.4 is 10.1 Å². The highest BCUT2D eigenvalue weighted by Crippen LogP contribution is 2.39. The maximum Gasteiger partial charge on any atom is 0.121 e. The first-order chi connectivity index (χ1) is 7.52. The zero-order chi connectivity index (χ0) is 11.8. The topological polar surface area (TPSA) is 21.3 Å². The van der Waals surface area contributed by atoms with Crippen LogP contribution in [0.2, 0.25) is 0 Å². The molecule has 0 saturated heterocycles. The minimum absolute atomic E-state index is 0.178. The summed E-state index contributed by atoms with van der Waals surface area (Å²) in [6.45, 7) is 9.53. The molecule has 1 atom stereocenters. The summed E-state index contributed by atoms with van der Waals surface area (Å²) in [7, 11) is 0. The molecule has 88 valence electrons. The van der Waals surface area contributed by atoms with Gasteiger partial charge in [0.1, 0.15) is 5.75 Å². The van der Waals surface area contributed by atoms with Gasteiger partial charge >= 0.3 is 0 Å². The maximum atomic E-state index is 5.54. The molecule has 0 aromatic heterocycles. The van der Waals surface area contributed by atoms with Crippen molar-refractivity contribution >= 4 is 5.69 Å². The summed E-state index contributed by atoms with van der Waals surface area (Å²) in [6.07, 6.45) is 1.17. The van der Waals surface area contributed by atoms with Gasteiger partial charge in [-0.15, -0.1) is 0 Å². The Balaban J connectivity index is 2.34. The number of fused-ring (bicyclic) bond motifs is 1. The molecule has 1 aromatic rings. The Labute approximate surface area is 98.0 Å². The van der Waals surface area contributed by atoms with Gasteiger partial charge in [0.05, 0.1) is 6.61 Å². The van der Waals surface area contributed by atoms with Crippen molar-refractivity contribution in [1.82, 2.24) is 0 Å². The molecule has 2 nitrogen and oxygen atoms in total. The van der Waals surface area contributed by atoms with E-state index in [2.05, 4.69) is 44.3 Å². The molecule has 0 bridgehead atoms. The van der Waals surface area contributed by atoms with Crippen LogP contribution in [-0.4, -0.2) is 12.1 Å². The summed E-state index contributed by atoms with van der Waals surface area (Å²) in [6, 6.07) is 6.38. The van der Waals surface area contributed by atoms with Gasteiger partial charge in [0.25, 0.3) is 0 Å². The van der Waals surface area contributed by atoms with Crippen molar-refractivity contribution in [2.45, 2.75) is 45.6 Å². The van der Waals surface area contributed by atoms with Gasteiger partial charge in [0, 0.05) is 17.3 Å². The average molecular weight is 219 g/mol. The third kappa shape index (κ3) is 2.16. The van der Waals surface area contributed by atoms with Gasteiger partial charge in [0.2, 0.25) is 0 Å². The number of nitrogens with one attached hydrogen (secondary N) is 1. The molecule has 0 aliphatic carbocycles. The normalized spacial score (nSPS) is 22.1. The van der Waals surface area contributed by atoms with E-state index in [1.807, 2.05) is 6.92 Å². The van der Waals surface area contributed by atoms with Crippen LogP contribution >= 0.6 is 0 Å². The molecule has 0 radical (unpaired) electrons. The molecule has 0 saturated carbocycles. The number of ether oxygens (including phenoxy) is 1. The second-order valence-corrected chi connectivity index (χ2v) is 5.30. The maximum absolute atomic E-state index is 5.54. The molecule has 0 fully saturated rings. The largest absolute Gasteiger partial charge is 0.494 e. The van der Waals surface area contributed by atoms with Gasteiger partial charge in [-0.05, 0) is 44.7 Å². The summed E-state index contributed by atoms with van der Waals surface area (Å²) < 4.78 is 5.54. The Morgan fingerprint density at radius 3 is 2.88 bits per heavy atom. The molecule has 1 aliphatic heterocycles. The zero-order valence-electron chi connectivity index (χ0n) is 10.6. The molecule has 1 heterocycles. The van der Waals surface area contributed by atoms with Crippen LogP contribution in [0.15, 0.2) is 18.2 Å². The van der Waals surface area contributed by atoms with Crippen LogP contribution in [0.4, 0.5) is 5.69 Å². The summed E-state index contributed by atoms with van der Waals surface area (Å²) in [5.41, 5.74) is 2.81. The fourth-order valence-corrected chi connectivity index (χ4v) is 2.62. The minimum Gasteiger partial charge on any atom is -0.494 e. The second kappa shape index (κ2) is 4.00. The van der Waals surface area contributed by atoms with Crippen molar-refractivity contribution in [1.29, 1.82) is 0 Å². The predicted octanol–water partition coefficient (Wildman–Crippen LogP) is 3.78. The Bertz CT molecular complexity index is 384. The lowest BCUT2D eigenvalue weighted by Gasteiger charge is -2.37. The number of rotatable bonds is 2. The van der Waals surface area contributed by atoms with E-state index in [4.69, 9.17) is 4.74 Å². The molecular formula is C14H21NO. The molecule has 0 spiro atoms. The van der Waals surface area contributed by atoms with E-state index in [1.165, 1.54) is 17.7 Å². The van der Waals surface area contributed by atoms with E-state index in [0.717, 1.165) is 12.4 Å². The van der Waals surface area contributed by atoms with E-state index in [-0.39, 0.29) is 5.54 Å². The third-order valence-corrected chi connectivity index (χ3v) is 3.16. The van der Waals surface area contributed by atoms with E-state index in [0.29, 0.717) is 5.92 Å². The lowest BCUT2D eigenvalue weighted by Crippen LogP contribution is -2.36. The van der Waals surface area contributed by atoms with E-state index < -0.39 is 0 Å². The van der Waals surface area contributed by atoms with Crippen LogP contribution in [0.25, 0.3) is 0 Å². The monoisotopic (exact) mass is 219 g/mol. The number of hydrogen-bond acceptors (Lipinski definition) is 2. The molecule has 16 heavy (non-hydrogen) atoms. The van der Waals surface area contributed by atoms with E-state index in [1.54, 1.807) is 0 Å². The lowest BCUT2D eigenvalue weighted by atomic mass is 9.82. The fraction of sp³-hybridized carbons (Fsp3) is 0.571. The highest BCUT2D eigenvalue weighted by atomic mass is 16.5. The molecule has 1 aliphatic rings. The Kier molecular flexibility index (Phi) is 2.83. The summed E-state index contributed by atoms with van der Waals surface area (Å²) in [5.74, 6) is 1.57. The Hall–Kier alpha value is -1.18. The molecule has 1 unspecified atom stereocenters.